The maximum atomic E-state index is 13.0. The third kappa shape index (κ3) is 5.07. The van der Waals surface area contributed by atoms with E-state index in [0.29, 0.717) is 41.7 Å². The second-order valence-corrected chi connectivity index (χ2v) is 7.99. The number of hydrogen-bond donors (Lipinski definition) is 1. The molecule has 1 aliphatic rings. The van der Waals surface area contributed by atoms with Crippen molar-refractivity contribution >= 4 is 51.9 Å². The lowest BCUT2D eigenvalue weighted by Gasteiger charge is -2.14. The van der Waals surface area contributed by atoms with E-state index >= 15 is 0 Å². The van der Waals surface area contributed by atoms with Crippen LogP contribution in [0.1, 0.15) is 43.1 Å². The van der Waals surface area contributed by atoms with Crippen molar-refractivity contribution in [1.29, 1.82) is 0 Å². The zero-order valence-corrected chi connectivity index (χ0v) is 19.7. The molecule has 0 radical (unpaired) electrons. The number of amides is 1. The molecule has 0 saturated carbocycles. The number of carboxylic acid groups (broad SMARTS) is 1. The lowest BCUT2D eigenvalue weighted by Crippen LogP contribution is -2.21. The number of rotatable bonds is 8. The molecule has 0 unspecified atom stereocenters. The Hall–Kier alpha value is -2.88. The lowest BCUT2D eigenvalue weighted by molar-refractivity contribution is -0.114. The van der Waals surface area contributed by atoms with Gasteiger partial charge in [-0.2, -0.15) is 10.1 Å². The molecule has 0 aliphatic carbocycles. The Morgan fingerprint density at radius 2 is 2.00 bits per heavy atom. The minimum absolute atomic E-state index is 0.0918. The van der Waals surface area contributed by atoms with Crippen molar-refractivity contribution in [2.45, 2.75) is 27.2 Å². The van der Waals surface area contributed by atoms with Crippen LogP contribution < -0.4 is 14.5 Å². The van der Waals surface area contributed by atoms with Gasteiger partial charge in [0, 0.05) is 0 Å². The van der Waals surface area contributed by atoms with Crippen molar-refractivity contribution in [3.63, 3.8) is 0 Å². The van der Waals surface area contributed by atoms with E-state index in [-0.39, 0.29) is 11.5 Å². The van der Waals surface area contributed by atoms with E-state index in [4.69, 9.17) is 9.47 Å². The monoisotopic (exact) mass is 534 g/mol. The summed E-state index contributed by atoms with van der Waals surface area (Å²) in [4.78, 5) is 24.3. The summed E-state index contributed by atoms with van der Waals surface area (Å²) >= 11 is 2.20. The minimum Gasteiger partial charge on any atom is -0.490 e. The van der Waals surface area contributed by atoms with Crippen LogP contribution in [0.25, 0.3) is 6.08 Å². The van der Waals surface area contributed by atoms with E-state index in [1.165, 1.54) is 17.1 Å². The number of hydrazone groups is 1. The average molecular weight is 534 g/mol. The average Bonchev–Trinajstić information content (AvgIpc) is 3.02. The summed E-state index contributed by atoms with van der Waals surface area (Å²) in [5.41, 5.74) is 2.26. The molecule has 1 heterocycles. The van der Waals surface area contributed by atoms with E-state index in [1.54, 1.807) is 25.1 Å². The highest BCUT2D eigenvalue weighted by Crippen LogP contribution is 2.36. The highest BCUT2D eigenvalue weighted by Gasteiger charge is 2.29. The van der Waals surface area contributed by atoms with Gasteiger partial charge in [0.05, 0.1) is 39.3 Å². The van der Waals surface area contributed by atoms with Crippen LogP contribution >= 0.6 is 22.6 Å². The third-order valence-electron chi connectivity index (χ3n) is 4.49. The van der Waals surface area contributed by atoms with Crippen molar-refractivity contribution in [3.8, 4) is 11.5 Å². The number of halogens is 1. The largest absolute Gasteiger partial charge is 0.490 e. The predicted octanol–water partition coefficient (Wildman–Crippen LogP) is 4.98. The van der Waals surface area contributed by atoms with Crippen molar-refractivity contribution < 1.29 is 24.2 Å². The summed E-state index contributed by atoms with van der Waals surface area (Å²) < 4.78 is 12.5. The third-order valence-corrected chi connectivity index (χ3v) is 5.29. The molecule has 31 heavy (non-hydrogen) atoms. The van der Waals surface area contributed by atoms with Gasteiger partial charge in [-0.25, -0.2) is 4.79 Å². The van der Waals surface area contributed by atoms with Crippen LogP contribution in [0.4, 0.5) is 5.69 Å². The van der Waals surface area contributed by atoms with Gasteiger partial charge in [0.25, 0.3) is 5.91 Å². The molecule has 0 spiro atoms. The number of carbonyl (C=O) groups is 2. The zero-order valence-electron chi connectivity index (χ0n) is 17.5. The van der Waals surface area contributed by atoms with Crippen molar-refractivity contribution in [1.82, 2.24) is 0 Å². The van der Waals surface area contributed by atoms with Crippen LogP contribution in [0.15, 0.2) is 47.1 Å². The predicted molar refractivity (Wildman–Crippen MR) is 128 cm³/mol. The molecule has 7 nitrogen and oxygen atoms in total. The standard InChI is InChI=1S/C23H23IN2O5/c1-4-9-31-21-19(24)11-15(12-20(21)30-5-2)10-18-14(3)25-26(22(18)27)17-8-6-7-16(13-17)23(28)29/h6-8,10-13H,4-5,9H2,1-3H3,(H,28,29). The van der Waals surface area contributed by atoms with E-state index < -0.39 is 5.97 Å². The fraction of sp³-hybridized carbons (Fsp3) is 0.261. The summed E-state index contributed by atoms with van der Waals surface area (Å²) in [5, 5.41) is 14.8. The molecule has 0 fully saturated rings. The molecule has 162 valence electrons. The van der Waals surface area contributed by atoms with E-state index in [2.05, 4.69) is 27.7 Å². The van der Waals surface area contributed by atoms with Gasteiger partial charge in [0.2, 0.25) is 0 Å². The molecule has 2 aromatic rings. The fourth-order valence-corrected chi connectivity index (χ4v) is 3.86. The topological polar surface area (TPSA) is 88.4 Å². The van der Waals surface area contributed by atoms with Gasteiger partial charge in [-0.1, -0.05) is 13.0 Å². The van der Waals surface area contributed by atoms with Gasteiger partial charge in [-0.05, 0) is 84.8 Å². The molecule has 1 amide bonds. The van der Waals surface area contributed by atoms with Crippen LogP contribution in [0.2, 0.25) is 0 Å². The number of ether oxygens (including phenoxy) is 2. The highest BCUT2D eigenvalue weighted by molar-refractivity contribution is 14.1. The number of anilines is 1. The summed E-state index contributed by atoms with van der Waals surface area (Å²) in [6.45, 7) is 6.77. The minimum atomic E-state index is -1.06. The Labute approximate surface area is 194 Å². The van der Waals surface area contributed by atoms with Gasteiger partial charge >= 0.3 is 5.97 Å². The first-order chi connectivity index (χ1) is 14.8. The van der Waals surface area contributed by atoms with Gasteiger partial charge < -0.3 is 14.6 Å². The number of benzene rings is 2. The van der Waals surface area contributed by atoms with Crippen LogP contribution in [0.3, 0.4) is 0 Å². The Kier molecular flexibility index (Phi) is 7.32. The molecule has 8 heteroatoms. The van der Waals surface area contributed by atoms with Crippen molar-refractivity contribution in [3.05, 3.63) is 56.7 Å². The zero-order chi connectivity index (χ0) is 22.5. The summed E-state index contributed by atoms with van der Waals surface area (Å²) in [5.74, 6) is -0.0601. The van der Waals surface area contributed by atoms with Crippen LogP contribution in [0.5, 0.6) is 11.5 Å². The summed E-state index contributed by atoms with van der Waals surface area (Å²) in [6.07, 6.45) is 2.65. The van der Waals surface area contributed by atoms with Gasteiger partial charge in [0.15, 0.2) is 11.5 Å². The molecule has 1 N–H and O–H groups in total. The second kappa shape index (κ2) is 9.95. The normalized spacial score (nSPS) is 14.7. The molecule has 3 rings (SSSR count). The van der Waals surface area contributed by atoms with E-state index in [0.717, 1.165) is 15.6 Å². The van der Waals surface area contributed by atoms with Crippen LogP contribution in [0, 0.1) is 3.57 Å². The number of aromatic carboxylic acids is 1. The molecule has 0 bridgehead atoms. The second-order valence-electron chi connectivity index (χ2n) is 6.83. The first-order valence-electron chi connectivity index (χ1n) is 9.89. The van der Waals surface area contributed by atoms with Gasteiger partial charge in [0.1, 0.15) is 0 Å². The number of carboxylic acids is 1. The maximum Gasteiger partial charge on any atom is 0.335 e. The SMILES string of the molecule is CCCOc1c(I)cc(C=C2C(=O)N(c3cccc(C(=O)O)c3)N=C2C)cc1OCC. The smallest absolute Gasteiger partial charge is 0.335 e. The lowest BCUT2D eigenvalue weighted by atomic mass is 10.1. The summed E-state index contributed by atoms with van der Waals surface area (Å²) in [7, 11) is 0. The fourth-order valence-electron chi connectivity index (χ4n) is 3.08. The summed E-state index contributed by atoms with van der Waals surface area (Å²) in [6, 6.07) is 9.91. The van der Waals surface area contributed by atoms with E-state index in [1.807, 2.05) is 26.0 Å². The molecule has 1 aliphatic heterocycles. The molecule has 0 saturated heterocycles. The first-order valence-corrected chi connectivity index (χ1v) is 11.0. The molecular formula is C23H23IN2O5. The van der Waals surface area contributed by atoms with Crippen LogP contribution in [-0.4, -0.2) is 35.9 Å². The molecule has 2 aromatic carbocycles. The first kappa shape index (κ1) is 22.8. The Bertz CT molecular complexity index is 1080. The Morgan fingerprint density at radius 1 is 1.23 bits per heavy atom. The number of nitrogens with zero attached hydrogens (tertiary/aromatic N) is 2. The molecular weight excluding hydrogens is 511 g/mol. The number of hydrogen-bond acceptors (Lipinski definition) is 5. The van der Waals surface area contributed by atoms with Gasteiger partial charge in [-0.3, -0.25) is 4.79 Å². The van der Waals surface area contributed by atoms with E-state index in [9.17, 15) is 14.7 Å². The molecule has 0 aromatic heterocycles. The maximum absolute atomic E-state index is 13.0. The Balaban J connectivity index is 1.95. The Morgan fingerprint density at radius 3 is 2.68 bits per heavy atom. The number of carbonyl (C=O) groups excluding carboxylic acids is 1. The highest BCUT2D eigenvalue weighted by atomic mass is 127. The molecule has 0 atom stereocenters. The van der Waals surface area contributed by atoms with Crippen molar-refractivity contribution in [2.75, 3.05) is 18.2 Å². The van der Waals surface area contributed by atoms with Crippen LogP contribution in [-0.2, 0) is 4.79 Å². The quantitative estimate of drug-likeness (QED) is 0.381. The van der Waals surface area contributed by atoms with Crippen molar-refractivity contribution in [2.24, 2.45) is 5.10 Å². The van der Waals surface area contributed by atoms with Gasteiger partial charge in [-0.15, -0.1) is 0 Å².